The lowest BCUT2D eigenvalue weighted by atomic mass is 10.0. The third kappa shape index (κ3) is 68.4. The summed E-state index contributed by atoms with van der Waals surface area (Å²) in [7, 11) is 0. The molecular weight excluding hydrogens is 1010 g/mol. The summed E-state index contributed by atoms with van der Waals surface area (Å²) in [6.45, 7) is 6.69. The van der Waals surface area contributed by atoms with E-state index in [1.54, 1.807) is 0 Å². The van der Waals surface area contributed by atoms with E-state index in [1.165, 1.54) is 302 Å². The second-order valence-corrected chi connectivity index (χ2v) is 25.2. The highest BCUT2D eigenvalue weighted by molar-refractivity contribution is 5.71. The maximum Gasteiger partial charge on any atom is 0.306 e. The summed E-state index contributed by atoms with van der Waals surface area (Å²) in [5.41, 5.74) is 0. The van der Waals surface area contributed by atoms with Crippen LogP contribution < -0.4 is 0 Å². The van der Waals surface area contributed by atoms with Gasteiger partial charge in [0.05, 0.1) is 0 Å². The largest absolute Gasteiger partial charge is 0.462 e. The van der Waals surface area contributed by atoms with Crippen molar-refractivity contribution in [2.24, 2.45) is 0 Å². The Bertz CT molecular complexity index is 1370. The second kappa shape index (κ2) is 71.1. The smallest absolute Gasteiger partial charge is 0.306 e. The van der Waals surface area contributed by atoms with Crippen molar-refractivity contribution in [1.82, 2.24) is 0 Å². The summed E-state index contributed by atoms with van der Waals surface area (Å²) in [6, 6.07) is 0. The van der Waals surface area contributed by atoms with Crippen molar-refractivity contribution in [3.05, 3.63) is 36.5 Å². The van der Waals surface area contributed by atoms with Gasteiger partial charge in [-0.3, -0.25) is 14.4 Å². The maximum atomic E-state index is 13.0. The highest BCUT2D eigenvalue weighted by Crippen LogP contribution is 2.19. The van der Waals surface area contributed by atoms with E-state index in [0.29, 0.717) is 19.3 Å². The van der Waals surface area contributed by atoms with Crippen LogP contribution in [-0.2, 0) is 28.6 Å². The average Bonchev–Trinajstić information content (AvgIpc) is 3.47. The molecule has 0 fully saturated rings. The van der Waals surface area contributed by atoms with Crippen LogP contribution in [0.15, 0.2) is 36.5 Å². The van der Waals surface area contributed by atoms with Gasteiger partial charge in [-0.15, -0.1) is 0 Å². The number of hydrogen-bond donors (Lipinski definition) is 0. The molecule has 0 bridgehead atoms. The lowest BCUT2D eigenvalue weighted by molar-refractivity contribution is -0.167. The quantitative estimate of drug-likeness (QED) is 0.0261. The Morgan fingerprint density at radius 1 is 0.244 bits per heavy atom. The zero-order chi connectivity index (χ0) is 59.2. The first-order valence-electron chi connectivity index (χ1n) is 37.0. The van der Waals surface area contributed by atoms with E-state index in [4.69, 9.17) is 14.2 Å². The number of esters is 3. The SMILES string of the molecule is CCCCCC/C=C\CCCCCCCC(=O)OCC(COC(=O)CCCCCCCCCCCCCCCCC/C=C\C/C=C\CCCCCCC)OC(=O)CCCCCCCCCCCCCCCCCCCCCCCCCC. The maximum absolute atomic E-state index is 13.0. The first kappa shape index (κ1) is 79.6. The molecule has 0 rings (SSSR count). The molecular formula is C76H142O6. The van der Waals surface area contributed by atoms with E-state index in [0.717, 1.165) is 70.6 Å². The molecule has 0 spiro atoms. The van der Waals surface area contributed by atoms with E-state index in [9.17, 15) is 14.4 Å². The lowest BCUT2D eigenvalue weighted by Gasteiger charge is -2.18. The van der Waals surface area contributed by atoms with Crippen LogP contribution in [-0.4, -0.2) is 37.2 Å². The van der Waals surface area contributed by atoms with E-state index < -0.39 is 6.10 Å². The Balaban J connectivity index is 4.20. The molecule has 0 heterocycles. The minimum Gasteiger partial charge on any atom is -0.462 e. The predicted molar refractivity (Wildman–Crippen MR) is 358 cm³/mol. The molecule has 0 aromatic heterocycles. The highest BCUT2D eigenvalue weighted by Gasteiger charge is 2.19. The number of unbranched alkanes of at least 4 members (excludes halogenated alkanes) is 52. The van der Waals surface area contributed by atoms with Crippen LogP contribution >= 0.6 is 0 Å². The van der Waals surface area contributed by atoms with Crippen LogP contribution in [0.1, 0.15) is 412 Å². The normalized spacial score (nSPS) is 12.2. The zero-order valence-corrected chi connectivity index (χ0v) is 55.5. The van der Waals surface area contributed by atoms with Crippen LogP contribution in [0.5, 0.6) is 0 Å². The minimum absolute atomic E-state index is 0.0693. The fourth-order valence-corrected chi connectivity index (χ4v) is 11.3. The molecule has 0 radical (unpaired) electrons. The van der Waals surface area contributed by atoms with Gasteiger partial charge in [-0.2, -0.15) is 0 Å². The summed E-state index contributed by atoms with van der Waals surface area (Å²) in [4.78, 5) is 38.5. The van der Waals surface area contributed by atoms with Crippen LogP contribution in [0.2, 0.25) is 0 Å². The lowest BCUT2D eigenvalue weighted by Crippen LogP contribution is -2.30. The van der Waals surface area contributed by atoms with E-state index in [-0.39, 0.29) is 31.1 Å². The topological polar surface area (TPSA) is 78.9 Å². The van der Waals surface area contributed by atoms with E-state index >= 15 is 0 Å². The van der Waals surface area contributed by atoms with Crippen molar-refractivity contribution in [3.63, 3.8) is 0 Å². The zero-order valence-electron chi connectivity index (χ0n) is 55.5. The number of carbonyl (C=O) groups excluding carboxylic acids is 3. The molecule has 0 amide bonds. The molecule has 6 nitrogen and oxygen atoms in total. The molecule has 482 valence electrons. The van der Waals surface area contributed by atoms with Crippen LogP contribution in [0, 0.1) is 0 Å². The molecule has 0 aliphatic carbocycles. The first-order valence-corrected chi connectivity index (χ1v) is 37.0. The Morgan fingerprint density at radius 2 is 0.439 bits per heavy atom. The van der Waals surface area contributed by atoms with Gasteiger partial charge in [0.1, 0.15) is 13.2 Å². The van der Waals surface area contributed by atoms with E-state index in [2.05, 4.69) is 57.2 Å². The van der Waals surface area contributed by atoms with Gasteiger partial charge in [-0.1, -0.05) is 353 Å². The summed E-state index contributed by atoms with van der Waals surface area (Å²) < 4.78 is 17.0. The molecule has 0 saturated carbocycles. The molecule has 0 saturated heterocycles. The van der Waals surface area contributed by atoms with Crippen molar-refractivity contribution in [2.45, 2.75) is 419 Å². The Morgan fingerprint density at radius 3 is 0.695 bits per heavy atom. The molecule has 82 heavy (non-hydrogen) atoms. The monoisotopic (exact) mass is 1150 g/mol. The van der Waals surface area contributed by atoms with Crippen molar-refractivity contribution < 1.29 is 28.6 Å². The molecule has 0 aliphatic rings. The van der Waals surface area contributed by atoms with Gasteiger partial charge < -0.3 is 14.2 Å². The molecule has 6 heteroatoms. The molecule has 0 aromatic rings. The molecule has 0 aromatic carbocycles. The Kier molecular flexibility index (Phi) is 69.1. The summed E-state index contributed by atoms with van der Waals surface area (Å²) >= 11 is 0. The van der Waals surface area contributed by atoms with Crippen molar-refractivity contribution in [2.75, 3.05) is 13.2 Å². The van der Waals surface area contributed by atoms with Gasteiger partial charge in [-0.25, -0.2) is 0 Å². The van der Waals surface area contributed by atoms with Crippen LogP contribution in [0.4, 0.5) is 0 Å². The minimum atomic E-state index is -0.774. The number of hydrogen-bond acceptors (Lipinski definition) is 6. The molecule has 1 atom stereocenters. The Hall–Kier alpha value is -2.37. The molecule has 0 N–H and O–H groups in total. The fourth-order valence-electron chi connectivity index (χ4n) is 11.3. The van der Waals surface area contributed by atoms with Crippen LogP contribution in [0.3, 0.4) is 0 Å². The number of ether oxygens (including phenoxy) is 3. The van der Waals surface area contributed by atoms with Crippen molar-refractivity contribution in [3.8, 4) is 0 Å². The number of allylic oxidation sites excluding steroid dienone is 6. The number of carbonyl (C=O) groups is 3. The average molecular weight is 1150 g/mol. The summed E-state index contributed by atoms with van der Waals surface area (Å²) in [5.74, 6) is -0.847. The molecule has 0 aliphatic heterocycles. The molecule has 1 unspecified atom stereocenters. The van der Waals surface area contributed by atoms with Gasteiger partial charge in [0.15, 0.2) is 6.10 Å². The third-order valence-corrected chi connectivity index (χ3v) is 16.9. The summed E-state index contributed by atoms with van der Waals surface area (Å²) in [5, 5.41) is 0. The van der Waals surface area contributed by atoms with Crippen LogP contribution in [0.25, 0.3) is 0 Å². The van der Waals surface area contributed by atoms with Gasteiger partial charge >= 0.3 is 17.9 Å². The second-order valence-electron chi connectivity index (χ2n) is 25.2. The fraction of sp³-hybridized carbons (Fsp3) is 0.882. The summed E-state index contributed by atoms with van der Waals surface area (Å²) in [6.07, 6.45) is 89.0. The predicted octanol–water partition coefficient (Wildman–Crippen LogP) is 25.5. The number of rotatable bonds is 69. The van der Waals surface area contributed by atoms with Gasteiger partial charge in [-0.05, 0) is 77.0 Å². The van der Waals surface area contributed by atoms with Gasteiger partial charge in [0.2, 0.25) is 0 Å². The Labute approximate surface area is 512 Å². The first-order chi connectivity index (χ1) is 40.5. The standard InChI is InChI=1S/C76H142O6/c1-4-7-10-13-16-19-22-25-27-29-31-33-35-37-38-39-41-42-44-46-48-51-54-57-60-63-66-69-75(78)81-72-73(71-80-74(77)68-65-62-59-56-53-50-24-21-18-15-12-9-6-3)82-76(79)70-67-64-61-58-55-52-49-47-45-43-40-36-34-32-30-28-26-23-20-17-14-11-8-5-2/h21-22,24-25,29,31,73H,4-20,23,26-28,30,32-72H2,1-3H3/b24-21-,25-22-,31-29-. The van der Waals surface area contributed by atoms with Crippen molar-refractivity contribution in [1.29, 1.82) is 0 Å². The third-order valence-electron chi connectivity index (χ3n) is 16.9. The highest BCUT2D eigenvalue weighted by atomic mass is 16.6. The van der Waals surface area contributed by atoms with E-state index in [1.807, 2.05) is 0 Å². The van der Waals surface area contributed by atoms with Gasteiger partial charge in [0, 0.05) is 19.3 Å². The van der Waals surface area contributed by atoms with Crippen molar-refractivity contribution >= 4 is 17.9 Å². The van der Waals surface area contributed by atoms with Gasteiger partial charge in [0.25, 0.3) is 0 Å².